The van der Waals surface area contributed by atoms with Crippen molar-refractivity contribution in [1.29, 1.82) is 0 Å². The smallest absolute Gasteiger partial charge is 0.207 e. The molecule has 2 aromatic rings. The molecule has 0 N–H and O–H groups in total. The van der Waals surface area contributed by atoms with Gasteiger partial charge in [0.1, 0.15) is 5.82 Å². The topological polar surface area (TPSA) is 37.4 Å². The number of halogens is 1. The normalized spacial score (nSPS) is 19.5. The zero-order chi connectivity index (χ0) is 15.7. The average Bonchev–Trinajstić information content (AvgIpc) is 2.98. The summed E-state index contributed by atoms with van der Waals surface area (Å²) in [6.45, 7) is 2.39. The van der Waals surface area contributed by atoms with E-state index in [0.717, 1.165) is 12.0 Å². The minimum Gasteiger partial charge on any atom is -0.207 e. The molecule has 0 radical (unpaired) electrons. The molecule has 116 valence electrons. The van der Waals surface area contributed by atoms with Crippen molar-refractivity contribution in [2.75, 3.05) is 6.54 Å². The van der Waals surface area contributed by atoms with Gasteiger partial charge in [-0.05, 0) is 49.6 Å². The Hall–Kier alpha value is -1.72. The average molecular weight is 319 g/mol. The molecule has 1 aliphatic rings. The first-order valence-corrected chi connectivity index (χ1v) is 8.76. The number of hydrogen-bond acceptors (Lipinski definition) is 2. The maximum atomic E-state index is 13.4. The van der Waals surface area contributed by atoms with Crippen LogP contribution >= 0.6 is 0 Å². The van der Waals surface area contributed by atoms with E-state index in [9.17, 15) is 12.8 Å². The quantitative estimate of drug-likeness (QED) is 0.866. The van der Waals surface area contributed by atoms with E-state index in [2.05, 4.69) is 0 Å². The largest absolute Gasteiger partial charge is 0.243 e. The minimum absolute atomic E-state index is 0.290. The molecule has 0 unspecified atom stereocenters. The van der Waals surface area contributed by atoms with Gasteiger partial charge in [0.15, 0.2) is 0 Å². The van der Waals surface area contributed by atoms with Crippen molar-refractivity contribution < 1.29 is 12.8 Å². The molecule has 1 aliphatic heterocycles. The fourth-order valence-corrected chi connectivity index (χ4v) is 4.60. The molecule has 0 saturated carbocycles. The van der Waals surface area contributed by atoms with Gasteiger partial charge < -0.3 is 0 Å². The van der Waals surface area contributed by atoms with E-state index in [0.29, 0.717) is 23.4 Å². The van der Waals surface area contributed by atoms with Crippen LogP contribution in [0.2, 0.25) is 0 Å². The molecule has 3 nitrogen and oxygen atoms in total. The van der Waals surface area contributed by atoms with E-state index in [1.165, 1.54) is 16.4 Å². The first-order chi connectivity index (χ1) is 10.5. The van der Waals surface area contributed by atoms with Crippen molar-refractivity contribution in [1.82, 2.24) is 4.31 Å². The van der Waals surface area contributed by atoms with E-state index in [4.69, 9.17) is 0 Å². The lowest BCUT2D eigenvalue weighted by Crippen LogP contribution is -2.30. The Morgan fingerprint density at radius 2 is 1.86 bits per heavy atom. The van der Waals surface area contributed by atoms with Gasteiger partial charge >= 0.3 is 0 Å². The summed E-state index contributed by atoms with van der Waals surface area (Å²) < 4.78 is 40.6. The molecule has 0 bridgehead atoms. The molecule has 0 aliphatic carbocycles. The van der Waals surface area contributed by atoms with Gasteiger partial charge in [0, 0.05) is 6.54 Å². The number of hydrogen-bond donors (Lipinski definition) is 0. The lowest BCUT2D eigenvalue weighted by molar-refractivity contribution is 0.395. The number of rotatable bonds is 3. The lowest BCUT2D eigenvalue weighted by Gasteiger charge is -2.24. The maximum Gasteiger partial charge on any atom is 0.243 e. The molecule has 1 saturated heterocycles. The van der Waals surface area contributed by atoms with E-state index in [1.807, 2.05) is 6.92 Å². The lowest BCUT2D eigenvalue weighted by atomic mass is 10.1. The van der Waals surface area contributed by atoms with Gasteiger partial charge in [-0.3, -0.25) is 0 Å². The zero-order valence-corrected chi connectivity index (χ0v) is 13.2. The molecule has 5 heteroatoms. The van der Waals surface area contributed by atoms with Crippen LogP contribution in [-0.2, 0) is 10.0 Å². The third-order valence-corrected chi connectivity index (χ3v) is 5.99. The fraction of sp³-hybridized carbons (Fsp3) is 0.294. The summed E-state index contributed by atoms with van der Waals surface area (Å²) in [6.07, 6.45) is 1.50. The molecular formula is C17H18FNO2S. The van der Waals surface area contributed by atoms with Crippen molar-refractivity contribution >= 4 is 10.0 Å². The Kier molecular flexibility index (Phi) is 4.02. The van der Waals surface area contributed by atoms with E-state index >= 15 is 0 Å². The van der Waals surface area contributed by atoms with Crippen LogP contribution < -0.4 is 0 Å². The van der Waals surface area contributed by atoms with Crippen molar-refractivity contribution in [2.45, 2.75) is 30.7 Å². The molecular weight excluding hydrogens is 301 g/mol. The van der Waals surface area contributed by atoms with Crippen LogP contribution in [0.3, 0.4) is 0 Å². The first kappa shape index (κ1) is 15.2. The highest BCUT2D eigenvalue weighted by Gasteiger charge is 2.36. The monoisotopic (exact) mass is 319 g/mol. The Labute approximate surface area is 130 Å². The van der Waals surface area contributed by atoms with Gasteiger partial charge in [0.25, 0.3) is 0 Å². The maximum absolute atomic E-state index is 13.4. The summed E-state index contributed by atoms with van der Waals surface area (Å²) in [5.41, 5.74) is 1.73. The molecule has 3 rings (SSSR count). The summed E-state index contributed by atoms with van der Waals surface area (Å²) >= 11 is 0. The van der Waals surface area contributed by atoms with Crippen LogP contribution in [-0.4, -0.2) is 19.3 Å². The Balaban J connectivity index is 1.97. The standard InChI is InChI=1S/C17H18FNO2S/c1-13-7-9-16(10-8-13)22(20,21)19-11-3-6-17(19)14-4-2-5-15(18)12-14/h2,4-5,7-10,12,17H,3,6,11H2,1H3/t17-/m0/s1. The highest BCUT2D eigenvalue weighted by molar-refractivity contribution is 7.89. The Bertz CT molecular complexity index is 772. The second-order valence-corrected chi connectivity index (χ2v) is 7.53. The summed E-state index contributed by atoms with van der Waals surface area (Å²) in [7, 11) is -3.55. The summed E-state index contributed by atoms with van der Waals surface area (Å²) in [5, 5.41) is 0. The zero-order valence-electron chi connectivity index (χ0n) is 12.4. The van der Waals surface area contributed by atoms with Crippen LogP contribution in [0.5, 0.6) is 0 Å². The van der Waals surface area contributed by atoms with E-state index < -0.39 is 10.0 Å². The first-order valence-electron chi connectivity index (χ1n) is 7.32. The number of benzene rings is 2. The number of aryl methyl sites for hydroxylation is 1. The Morgan fingerprint density at radius 3 is 2.55 bits per heavy atom. The van der Waals surface area contributed by atoms with Crippen molar-refractivity contribution in [3.05, 3.63) is 65.5 Å². The SMILES string of the molecule is Cc1ccc(S(=O)(=O)N2CCC[C@H]2c2cccc(F)c2)cc1. The molecule has 22 heavy (non-hydrogen) atoms. The predicted octanol–water partition coefficient (Wildman–Crippen LogP) is 3.66. The van der Waals surface area contributed by atoms with Crippen molar-refractivity contribution in [3.8, 4) is 0 Å². The van der Waals surface area contributed by atoms with Gasteiger partial charge in [-0.15, -0.1) is 0 Å². The van der Waals surface area contributed by atoms with Crippen molar-refractivity contribution in [3.63, 3.8) is 0 Å². The molecule has 1 fully saturated rings. The van der Waals surface area contributed by atoms with E-state index in [1.54, 1.807) is 36.4 Å². The van der Waals surface area contributed by atoms with Gasteiger partial charge in [0.05, 0.1) is 10.9 Å². The van der Waals surface area contributed by atoms with E-state index in [-0.39, 0.29) is 11.9 Å². The fourth-order valence-electron chi connectivity index (χ4n) is 2.92. The van der Waals surface area contributed by atoms with Gasteiger partial charge in [0.2, 0.25) is 10.0 Å². The highest BCUT2D eigenvalue weighted by atomic mass is 32.2. The Morgan fingerprint density at radius 1 is 1.14 bits per heavy atom. The van der Waals surface area contributed by atoms with Gasteiger partial charge in [-0.25, -0.2) is 12.8 Å². The number of sulfonamides is 1. The van der Waals surface area contributed by atoms with Crippen LogP contribution in [0.1, 0.15) is 30.0 Å². The van der Waals surface area contributed by atoms with Crippen molar-refractivity contribution in [2.24, 2.45) is 0 Å². The highest BCUT2D eigenvalue weighted by Crippen LogP contribution is 2.36. The van der Waals surface area contributed by atoms with Crippen LogP contribution in [0.15, 0.2) is 53.4 Å². The summed E-state index contributed by atoms with van der Waals surface area (Å²) in [4.78, 5) is 0.293. The van der Waals surface area contributed by atoms with Gasteiger partial charge in [-0.1, -0.05) is 29.8 Å². The third kappa shape index (κ3) is 2.78. The second-order valence-electron chi connectivity index (χ2n) is 5.64. The molecule has 1 atom stereocenters. The molecule has 2 aromatic carbocycles. The van der Waals surface area contributed by atoms with Gasteiger partial charge in [-0.2, -0.15) is 4.31 Å². The summed E-state index contributed by atoms with van der Waals surface area (Å²) in [5.74, 6) is -0.336. The number of nitrogens with zero attached hydrogens (tertiary/aromatic N) is 1. The van der Waals surface area contributed by atoms with Crippen LogP contribution in [0.4, 0.5) is 4.39 Å². The van der Waals surface area contributed by atoms with Crippen LogP contribution in [0.25, 0.3) is 0 Å². The molecule has 0 aromatic heterocycles. The predicted molar refractivity (Wildman–Crippen MR) is 83.4 cm³/mol. The molecule has 1 heterocycles. The molecule has 0 spiro atoms. The minimum atomic E-state index is -3.55. The summed E-state index contributed by atoms with van der Waals surface area (Å²) in [6, 6.07) is 12.8. The molecule has 0 amide bonds. The second kappa shape index (κ2) is 5.82. The van der Waals surface area contributed by atoms with Crippen LogP contribution in [0, 0.1) is 12.7 Å². The third-order valence-electron chi connectivity index (χ3n) is 4.06.